The number of likely N-dealkylation sites (tertiary alicyclic amines) is 1. The molecule has 0 radical (unpaired) electrons. The van der Waals surface area contributed by atoms with Crippen LogP contribution in [0, 0.1) is 13.8 Å². The van der Waals surface area contributed by atoms with E-state index in [0.29, 0.717) is 24.7 Å². The number of hydrogen-bond donors (Lipinski definition) is 0. The van der Waals surface area contributed by atoms with E-state index in [0.717, 1.165) is 17.7 Å². The lowest BCUT2D eigenvalue weighted by atomic mass is 10.0. The highest BCUT2D eigenvalue weighted by atomic mass is 32.2. The molecule has 6 heteroatoms. The number of nitrogens with zero attached hydrogens (tertiary/aromatic N) is 1. The summed E-state index contributed by atoms with van der Waals surface area (Å²) >= 11 is 1.51. The Balaban J connectivity index is 1.76. The second kappa shape index (κ2) is 8.65. The quantitative estimate of drug-likeness (QED) is 0.702. The van der Waals surface area contributed by atoms with Crippen LogP contribution < -0.4 is 0 Å². The van der Waals surface area contributed by atoms with Crippen molar-refractivity contribution in [3.05, 3.63) is 47.2 Å². The van der Waals surface area contributed by atoms with Crippen LogP contribution in [0.3, 0.4) is 0 Å². The first kappa shape index (κ1) is 19.5. The maximum Gasteiger partial charge on any atom is 0.328 e. The standard InChI is InChI=1S/C21H25NO4S/c1-4-25-21(24)16-10-5-6-13-22(16)20(23)17-11-12-18(26-17)27-19-14(2)8-7-9-15(19)3/h7-9,11-12,16H,4-6,10,13H2,1-3H3. The fraction of sp³-hybridized carbons (Fsp3) is 0.429. The van der Waals surface area contributed by atoms with Crippen LogP contribution in [0.4, 0.5) is 0 Å². The van der Waals surface area contributed by atoms with E-state index < -0.39 is 6.04 Å². The summed E-state index contributed by atoms with van der Waals surface area (Å²) in [4.78, 5) is 27.9. The topological polar surface area (TPSA) is 59.8 Å². The van der Waals surface area contributed by atoms with Crippen molar-refractivity contribution < 1.29 is 18.7 Å². The van der Waals surface area contributed by atoms with Crippen molar-refractivity contribution in [2.24, 2.45) is 0 Å². The molecule has 1 saturated heterocycles. The molecule has 144 valence electrons. The van der Waals surface area contributed by atoms with Crippen molar-refractivity contribution in [2.75, 3.05) is 13.2 Å². The molecule has 1 aliphatic heterocycles. The minimum absolute atomic E-state index is 0.249. The van der Waals surface area contributed by atoms with Gasteiger partial charge in [-0.15, -0.1) is 0 Å². The van der Waals surface area contributed by atoms with Gasteiger partial charge in [0.1, 0.15) is 6.04 Å². The molecular weight excluding hydrogens is 362 g/mol. The van der Waals surface area contributed by atoms with Crippen molar-refractivity contribution in [3.8, 4) is 0 Å². The van der Waals surface area contributed by atoms with E-state index in [1.165, 1.54) is 22.9 Å². The molecule has 2 heterocycles. The smallest absolute Gasteiger partial charge is 0.328 e. The molecule has 0 bridgehead atoms. The van der Waals surface area contributed by atoms with Crippen molar-refractivity contribution >= 4 is 23.6 Å². The second-order valence-electron chi connectivity index (χ2n) is 6.70. The highest BCUT2D eigenvalue weighted by Gasteiger charge is 2.34. The summed E-state index contributed by atoms with van der Waals surface area (Å²) in [6.45, 7) is 6.75. The number of furan rings is 1. The Kier molecular flexibility index (Phi) is 6.26. The molecule has 1 fully saturated rings. The number of rotatable bonds is 5. The number of amides is 1. The molecule has 2 aromatic rings. The lowest BCUT2D eigenvalue weighted by Crippen LogP contribution is -2.48. The van der Waals surface area contributed by atoms with Gasteiger partial charge in [0, 0.05) is 11.4 Å². The highest BCUT2D eigenvalue weighted by Crippen LogP contribution is 2.34. The number of hydrogen-bond acceptors (Lipinski definition) is 5. The van der Waals surface area contributed by atoms with Crippen LogP contribution in [0.15, 0.2) is 44.7 Å². The molecule has 0 N–H and O–H groups in total. The summed E-state index contributed by atoms with van der Waals surface area (Å²) in [6.07, 6.45) is 2.43. The lowest BCUT2D eigenvalue weighted by Gasteiger charge is -2.33. The Morgan fingerprint density at radius 1 is 1.19 bits per heavy atom. The first-order valence-electron chi connectivity index (χ1n) is 9.32. The molecular formula is C21H25NO4S. The average molecular weight is 388 g/mol. The second-order valence-corrected chi connectivity index (χ2v) is 7.72. The van der Waals surface area contributed by atoms with E-state index in [4.69, 9.17) is 9.15 Å². The van der Waals surface area contributed by atoms with E-state index in [1.54, 1.807) is 17.9 Å². The third-order valence-corrected chi connectivity index (χ3v) is 5.99. The van der Waals surface area contributed by atoms with E-state index in [1.807, 2.05) is 12.1 Å². The van der Waals surface area contributed by atoms with Gasteiger partial charge in [-0.1, -0.05) is 30.0 Å². The number of aryl methyl sites for hydroxylation is 2. The molecule has 1 unspecified atom stereocenters. The largest absolute Gasteiger partial charge is 0.464 e. The molecule has 1 amide bonds. The van der Waals surface area contributed by atoms with Gasteiger partial charge >= 0.3 is 5.97 Å². The Morgan fingerprint density at radius 2 is 1.93 bits per heavy atom. The van der Waals surface area contributed by atoms with Gasteiger partial charge in [0.15, 0.2) is 10.9 Å². The first-order valence-corrected chi connectivity index (χ1v) is 10.1. The molecule has 3 rings (SSSR count). The SMILES string of the molecule is CCOC(=O)C1CCCCN1C(=O)c1ccc(Sc2c(C)cccc2C)o1. The lowest BCUT2D eigenvalue weighted by molar-refractivity contribution is -0.149. The van der Waals surface area contributed by atoms with Gasteiger partial charge in [0.25, 0.3) is 5.91 Å². The minimum atomic E-state index is -0.522. The summed E-state index contributed by atoms with van der Waals surface area (Å²) in [5.41, 5.74) is 2.34. The fourth-order valence-electron chi connectivity index (χ4n) is 3.35. The molecule has 0 spiro atoms. The maximum atomic E-state index is 12.9. The average Bonchev–Trinajstić information content (AvgIpc) is 3.13. The predicted molar refractivity (Wildman–Crippen MR) is 104 cm³/mol. The van der Waals surface area contributed by atoms with Crippen molar-refractivity contribution in [2.45, 2.75) is 56.1 Å². The van der Waals surface area contributed by atoms with Crippen LogP contribution in [0.25, 0.3) is 0 Å². The molecule has 5 nitrogen and oxygen atoms in total. The summed E-state index contributed by atoms with van der Waals surface area (Å²) in [5.74, 6) is -0.316. The third kappa shape index (κ3) is 4.38. The van der Waals surface area contributed by atoms with Gasteiger partial charge in [-0.25, -0.2) is 4.79 Å². The normalized spacial score (nSPS) is 17.0. The van der Waals surface area contributed by atoms with Gasteiger partial charge in [-0.3, -0.25) is 4.79 Å². The van der Waals surface area contributed by atoms with Gasteiger partial charge < -0.3 is 14.1 Å². The summed E-state index contributed by atoms with van der Waals surface area (Å²) in [5, 5.41) is 0.667. The monoisotopic (exact) mass is 387 g/mol. The van der Waals surface area contributed by atoms with Gasteiger partial charge in [-0.05, 0) is 63.3 Å². The molecule has 0 saturated carbocycles. The van der Waals surface area contributed by atoms with Crippen molar-refractivity contribution in [1.29, 1.82) is 0 Å². The number of piperidine rings is 1. The first-order chi connectivity index (χ1) is 13.0. The van der Waals surface area contributed by atoms with Gasteiger partial charge in [0.05, 0.1) is 6.61 Å². The number of carbonyl (C=O) groups is 2. The maximum absolute atomic E-state index is 12.9. The molecule has 0 aliphatic carbocycles. The zero-order valence-corrected chi connectivity index (χ0v) is 16.8. The molecule has 27 heavy (non-hydrogen) atoms. The number of esters is 1. The Bertz CT molecular complexity index is 809. The van der Waals surface area contributed by atoms with Crippen LogP contribution >= 0.6 is 11.8 Å². The zero-order valence-electron chi connectivity index (χ0n) is 16.0. The number of benzene rings is 1. The molecule has 1 aromatic carbocycles. The highest BCUT2D eigenvalue weighted by molar-refractivity contribution is 7.99. The minimum Gasteiger partial charge on any atom is -0.464 e. The summed E-state index contributed by atoms with van der Waals surface area (Å²) < 4.78 is 11.0. The van der Waals surface area contributed by atoms with Crippen LogP contribution in [-0.2, 0) is 9.53 Å². The Morgan fingerprint density at radius 3 is 2.63 bits per heavy atom. The van der Waals surface area contributed by atoms with E-state index in [-0.39, 0.29) is 17.6 Å². The summed E-state index contributed by atoms with van der Waals surface area (Å²) in [7, 11) is 0. The third-order valence-electron chi connectivity index (χ3n) is 4.73. The van der Waals surface area contributed by atoms with Gasteiger partial charge in [-0.2, -0.15) is 0 Å². The Hall–Kier alpha value is -2.21. The molecule has 1 atom stereocenters. The van der Waals surface area contributed by atoms with E-state index in [2.05, 4.69) is 26.0 Å². The van der Waals surface area contributed by atoms with Crippen LogP contribution in [-0.4, -0.2) is 36.0 Å². The fourth-order valence-corrected chi connectivity index (χ4v) is 4.28. The van der Waals surface area contributed by atoms with Gasteiger partial charge in [0.2, 0.25) is 0 Å². The van der Waals surface area contributed by atoms with Crippen LogP contribution in [0.2, 0.25) is 0 Å². The van der Waals surface area contributed by atoms with E-state index in [9.17, 15) is 9.59 Å². The molecule has 1 aromatic heterocycles. The van der Waals surface area contributed by atoms with Crippen LogP contribution in [0.5, 0.6) is 0 Å². The number of ether oxygens (including phenoxy) is 1. The van der Waals surface area contributed by atoms with Crippen molar-refractivity contribution in [1.82, 2.24) is 4.90 Å². The predicted octanol–water partition coefficient (Wildman–Crippen LogP) is 4.61. The molecule has 1 aliphatic rings. The van der Waals surface area contributed by atoms with Crippen LogP contribution in [0.1, 0.15) is 47.9 Å². The van der Waals surface area contributed by atoms with Crippen molar-refractivity contribution in [3.63, 3.8) is 0 Å². The zero-order chi connectivity index (χ0) is 19.4. The summed E-state index contributed by atoms with van der Waals surface area (Å²) in [6, 6.07) is 9.12. The number of carbonyl (C=O) groups excluding carboxylic acids is 2. The van der Waals surface area contributed by atoms with E-state index >= 15 is 0 Å². The Labute approximate surface area is 164 Å².